The number of nitrogens with one attached hydrogen (secondary N) is 4. The van der Waals surface area contributed by atoms with Crippen LogP contribution in [0.1, 0.15) is 70.2 Å². The van der Waals surface area contributed by atoms with Crippen LogP contribution in [-0.2, 0) is 90.9 Å². The molecule has 5 N–H and O–H groups in total. The van der Waals surface area contributed by atoms with Crippen LogP contribution in [0, 0.1) is 12.8 Å². The van der Waals surface area contributed by atoms with E-state index in [1.54, 1.807) is 35.1 Å². The molecule has 25 nitrogen and oxygen atoms in total. The summed E-state index contributed by atoms with van der Waals surface area (Å²) in [5.74, 6) is -2.04. The van der Waals surface area contributed by atoms with Crippen LogP contribution in [0.2, 0.25) is 0 Å². The van der Waals surface area contributed by atoms with Gasteiger partial charge in [0.2, 0.25) is 23.6 Å². The van der Waals surface area contributed by atoms with Gasteiger partial charge in [-0.25, -0.2) is 9.59 Å². The predicted octanol–water partition coefficient (Wildman–Crippen LogP) is 3.70. The number of anilines is 1. The number of benzene rings is 2. The number of carbonyl (C=O) groups excluding carboxylic acids is 6. The Morgan fingerprint density at radius 2 is 1.53 bits per heavy atom. The summed E-state index contributed by atoms with van der Waals surface area (Å²) in [6, 6.07) is 11.4. The molecule has 4 heterocycles. The lowest BCUT2D eigenvalue weighted by molar-refractivity contribution is -0.162. The standard InChI is InChI=1S/C64H95N7O18/c1-42-14-13-17-53(79-9)49-38-55(87-63(78)68-49)44(3)60-64(5,89-60)56(39-59(75)70(8)52-35-46(34-42)36-54(80-10)43(52)2)88-62(77)45(4)69(7)58(74)19-22-81-24-26-83-28-30-85-32-33-86-31-29-84-27-25-82-23-20-66-61(76)50(41-72)67-57(73)18-21-71-48(40-65-6)37-47-15-11-12-16-51(47)71/h11-17,35-37,44-45,49-50,53,55-56,60,65,72H,18-34,38-41H2,1-10H3,(H,66,76)(H,67,73)(H,68,78)/b17-13+,42-14+/t44-,45+,49-,50+,53-,55+,56?,60?,64+/m1/s1. The number of nitrogens with zero attached hydrogens (tertiary/aromatic N) is 3. The molecule has 2 unspecified atom stereocenters. The fraction of sp³-hybridized carbons (Fsp3) is 0.625. The quantitative estimate of drug-likeness (QED) is 0.0324. The number of esters is 1. The van der Waals surface area contributed by atoms with Crippen molar-refractivity contribution in [2.24, 2.45) is 5.92 Å². The van der Waals surface area contributed by atoms with Gasteiger partial charge in [-0.2, -0.15) is 0 Å². The van der Waals surface area contributed by atoms with Gasteiger partial charge in [0.05, 0.1) is 130 Å². The minimum absolute atomic E-state index is 0.0116. The van der Waals surface area contributed by atoms with E-state index in [-0.39, 0.29) is 75.9 Å². The Labute approximate surface area is 522 Å². The maximum Gasteiger partial charge on any atom is 0.407 e. The van der Waals surface area contributed by atoms with Gasteiger partial charge in [-0.05, 0) is 76.4 Å². The lowest BCUT2D eigenvalue weighted by atomic mass is 9.84. The van der Waals surface area contributed by atoms with Gasteiger partial charge in [0, 0.05) is 76.4 Å². The van der Waals surface area contributed by atoms with E-state index in [1.807, 2.05) is 82.4 Å². The Kier molecular flexibility index (Phi) is 29.2. The molecular formula is C64H95N7O18. The number of para-hydroxylation sites is 1. The molecule has 89 heavy (non-hydrogen) atoms. The number of amides is 5. The van der Waals surface area contributed by atoms with Crippen LogP contribution in [0.25, 0.3) is 10.9 Å². The smallest absolute Gasteiger partial charge is 0.407 e. The van der Waals surface area contributed by atoms with E-state index in [2.05, 4.69) is 31.9 Å². The summed E-state index contributed by atoms with van der Waals surface area (Å²) in [6.45, 7) is 13.4. The first-order chi connectivity index (χ1) is 42.8. The molecule has 0 saturated carbocycles. The van der Waals surface area contributed by atoms with E-state index in [0.717, 1.165) is 33.3 Å². The number of carbonyl (C=O) groups is 6. The van der Waals surface area contributed by atoms with Crippen LogP contribution >= 0.6 is 0 Å². The highest BCUT2D eigenvalue weighted by Crippen LogP contribution is 2.49. The number of rotatable bonds is 34. The van der Waals surface area contributed by atoms with Gasteiger partial charge in [-0.15, -0.1) is 0 Å². The first kappa shape index (κ1) is 71.6. The third-order valence-electron chi connectivity index (χ3n) is 16.3. The number of fused-ring (bicyclic) bond motifs is 6. The summed E-state index contributed by atoms with van der Waals surface area (Å²) < 4.78 is 65.5. The minimum Gasteiger partial charge on any atom is -0.496 e. The Morgan fingerprint density at radius 3 is 2.16 bits per heavy atom. The number of hydrogen-bond donors (Lipinski definition) is 5. The van der Waals surface area contributed by atoms with Gasteiger partial charge < -0.3 is 92.8 Å². The highest BCUT2D eigenvalue weighted by atomic mass is 16.7. The maximum atomic E-state index is 14.4. The predicted molar refractivity (Wildman–Crippen MR) is 330 cm³/mol. The van der Waals surface area contributed by atoms with Crippen LogP contribution in [0.3, 0.4) is 0 Å². The van der Waals surface area contributed by atoms with Crippen LogP contribution in [0.15, 0.2) is 66.3 Å². The van der Waals surface area contributed by atoms with Crippen molar-refractivity contribution >= 4 is 52.3 Å². The van der Waals surface area contributed by atoms with E-state index in [9.17, 15) is 33.9 Å². The third kappa shape index (κ3) is 21.3. The SMILES string of the molecule is CNCc1cc2ccccc2n1CCC(=O)N[C@@H](CO)C(=O)NCCOCCOCCOCCOCCOCCOCCC(=O)N(C)[C@@H](C)C(=O)OC1CC(=O)N(C)c2cc(cc(OC)c2C)C/C(C)=C/C=C/[C@@H](OC)[C@H]2C[C@H](OC(=O)N2)[C@@H](C)C2O[C@@]12C. The number of epoxide rings is 1. The highest BCUT2D eigenvalue weighted by Gasteiger charge is 2.64. The molecular weight excluding hydrogens is 1150 g/mol. The Morgan fingerprint density at radius 1 is 0.888 bits per heavy atom. The molecule has 494 valence electrons. The summed E-state index contributed by atoms with van der Waals surface area (Å²) in [6.07, 6.45) is 3.33. The van der Waals surface area contributed by atoms with Crippen LogP contribution in [-0.4, -0.2) is 226 Å². The van der Waals surface area contributed by atoms with Gasteiger partial charge in [-0.1, -0.05) is 48.9 Å². The lowest BCUT2D eigenvalue weighted by Gasteiger charge is -2.36. The van der Waals surface area contributed by atoms with Crippen molar-refractivity contribution in [2.75, 3.05) is 133 Å². The normalized spacial score (nSPS) is 22.8. The third-order valence-corrected chi connectivity index (χ3v) is 16.3. The van der Waals surface area contributed by atoms with Crippen LogP contribution in [0.5, 0.6) is 5.75 Å². The first-order valence-corrected chi connectivity index (χ1v) is 30.6. The number of allylic oxidation sites excluding steroid dienone is 3. The topological polar surface area (TPSA) is 287 Å². The molecule has 3 aliphatic rings. The number of hydrogen-bond acceptors (Lipinski definition) is 19. The molecule has 6 rings (SSSR count). The van der Waals surface area contributed by atoms with Crippen molar-refractivity contribution in [3.8, 4) is 5.75 Å². The van der Waals surface area contributed by atoms with Gasteiger partial charge >= 0.3 is 12.1 Å². The van der Waals surface area contributed by atoms with Gasteiger partial charge in [0.15, 0.2) is 0 Å². The van der Waals surface area contributed by atoms with E-state index in [1.165, 1.54) is 16.8 Å². The minimum atomic E-state index is -1.16. The van der Waals surface area contributed by atoms with E-state index < -0.39 is 72.7 Å². The van der Waals surface area contributed by atoms with Crippen LogP contribution in [0.4, 0.5) is 10.5 Å². The number of aliphatic hydroxyl groups excluding tert-OH is 1. The van der Waals surface area contributed by atoms with Gasteiger partial charge in [0.1, 0.15) is 35.6 Å². The second kappa shape index (κ2) is 36.4. The number of aryl methyl sites for hydroxylation is 1. The molecule has 4 bridgehead atoms. The summed E-state index contributed by atoms with van der Waals surface area (Å²) in [7, 11) is 8.21. The van der Waals surface area contributed by atoms with E-state index in [4.69, 9.17) is 52.1 Å². The molecule has 2 fully saturated rings. The molecule has 25 heteroatoms. The fourth-order valence-corrected chi connectivity index (χ4v) is 10.9. The second-order valence-electron chi connectivity index (χ2n) is 22.6. The Bertz CT molecular complexity index is 2850. The van der Waals surface area contributed by atoms with Crippen molar-refractivity contribution in [3.05, 3.63) is 83.1 Å². The molecule has 2 saturated heterocycles. The lowest BCUT2D eigenvalue weighted by Crippen LogP contribution is -2.53. The zero-order valence-electron chi connectivity index (χ0n) is 53.5. The maximum absolute atomic E-state index is 14.4. The molecule has 0 aliphatic carbocycles. The number of ether oxygens (including phenoxy) is 11. The monoisotopic (exact) mass is 1250 g/mol. The van der Waals surface area contributed by atoms with Crippen molar-refractivity contribution in [2.45, 2.75) is 128 Å². The number of likely N-dealkylation sites (N-methyl/N-ethyl adjacent to an activating group) is 1. The van der Waals surface area contributed by atoms with E-state index in [0.29, 0.717) is 90.2 Å². The van der Waals surface area contributed by atoms with Crippen molar-refractivity contribution < 1.29 is 86.0 Å². The van der Waals surface area contributed by atoms with Gasteiger partial charge in [-0.3, -0.25) is 19.2 Å². The molecule has 0 radical (unpaired) electrons. The average molecular weight is 1250 g/mol. The number of methoxy groups -OCH3 is 2. The van der Waals surface area contributed by atoms with Crippen molar-refractivity contribution in [3.63, 3.8) is 0 Å². The first-order valence-electron chi connectivity index (χ1n) is 30.6. The van der Waals surface area contributed by atoms with Crippen molar-refractivity contribution in [1.82, 2.24) is 30.7 Å². The zero-order chi connectivity index (χ0) is 64.5. The average Bonchev–Trinajstić information content (AvgIpc) is 1.69. The zero-order valence-corrected chi connectivity index (χ0v) is 53.5. The molecule has 1 aromatic heterocycles. The molecule has 3 aliphatic heterocycles. The summed E-state index contributed by atoms with van der Waals surface area (Å²) in [5.41, 5.74) is 4.24. The van der Waals surface area contributed by atoms with Crippen molar-refractivity contribution in [1.29, 1.82) is 0 Å². The second-order valence-corrected chi connectivity index (χ2v) is 22.6. The fourth-order valence-electron chi connectivity index (χ4n) is 10.9. The van der Waals surface area contributed by atoms with E-state index >= 15 is 0 Å². The highest BCUT2D eigenvalue weighted by molar-refractivity contribution is 5.95. The Hall–Kier alpha value is -6.52. The number of aromatic nitrogens is 1. The molecule has 2 aromatic carbocycles. The Balaban J connectivity index is 0.816. The van der Waals surface area contributed by atoms with Gasteiger partial charge in [0.25, 0.3) is 0 Å². The summed E-state index contributed by atoms with van der Waals surface area (Å²) in [5, 5.41) is 22.2. The summed E-state index contributed by atoms with van der Waals surface area (Å²) in [4.78, 5) is 83.0. The molecule has 9 atom stereocenters. The number of aliphatic hydroxyl groups is 1. The molecule has 0 spiro atoms. The summed E-state index contributed by atoms with van der Waals surface area (Å²) >= 11 is 0. The molecule has 5 amide bonds. The van der Waals surface area contributed by atoms with Crippen LogP contribution < -0.4 is 30.9 Å². The number of alkyl carbamates (subject to hydrolysis) is 1. The largest absolute Gasteiger partial charge is 0.496 e. The molecule has 3 aromatic rings.